The Hall–Kier alpha value is -1.85. The van der Waals surface area contributed by atoms with Crippen molar-refractivity contribution in [3.05, 3.63) is 50.7 Å². The molecule has 0 bridgehead atoms. The first-order valence-corrected chi connectivity index (χ1v) is 7.56. The summed E-state index contributed by atoms with van der Waals surface area (Å²) in [5, 5.41) is 5.87. The molecule has 0 aliphatic heterocycles. The molecule has 2 rings (SSSR count). The third kappa shape index (κ3) is 4.31. The topological polar surface area (TPSA) is 58.2 Å². The van der Waals surface area contributed by atoms with Gasteiger partial charge in [0.2, 0.25) is 5.91 Å². The lowest BCUT2D eigenvalue weighted by Crippen LogP contribution is -2.32. The number of amides is 2. The number of hydrogen-bond acceptors (Lipinski definition) is 3. The number of carbonyl (C=O) groups excluding carboxylic acids is 2. The summed E-state index contributed by atoms with van der Waals surface area (Å²) in [5.41, 5.74) is 1.56. The number of carbonyl (C=O) groups is 2. The van der Waals surface area contributed by atoms with Crippen LogP contribution in [0.2, 0.25) is 5.02 Å². The third-order valence-corrected chi connectivity index (χ3v) is 4.08. The van der Waals surface area contributed by atoms with Gasteiger partial charge in [0, 0.05) is 15.6 Å². The summed E-state index contributed by atoms with van der Waals surface area (Å²) >= 11 is 7.29. The Labute approximate surface area is 132 Å². The highest BCUT2D eigenvalue weighted by Crippen LogP contribution is 2.20. The summed E-state index contributed by atoms with van der Waals surface area (Å²) in [7, 11) is 0. The van der Waals surface area contributed by atoms with Gasteiger partial charge in [-0.1, -0.05) is 17.7 Å². The van der Waals surface area contributed by atoms with Gasteiger partial charge < -0.3 is 10.6 Å². The predicted molar refractivity (Wildman–Crippen MR) is 86.2 cm³/mol. The highest BCUT2D eigenvalue weighted by atomic mass is 35.5. The van der Waals surface area contributed by atoms with E-state index in [-0.39, 0.29) is 18.4 Å². The van der Waals surface area contributed by atoms with Crippen molar-refractivity contribution in [1.82, 2.24) is 5.32 Å². The van der Waals surface area contributed by atoms with Crippen molar-refractivity contribution < 1.29 is 9.59 Å². The van der Waals surface area contributed by atoms with Crippen molar-refractivity contribution in [2.75, 3.05) is 11.9 Å². The lowest BCUT2D eigenvalue weighted by atomic mass is 10.2. The van der Waals surface area contributed by atoms with Gasteiger partial charge in [0.05, 0.1) is 11.4 Å². The molecule has 0 aliphatic rings. The molecule has 0 saturated heterocycles. The first-order valence-electron chi connectivity index (χ1n) is 6.36. The molecule has 0 unspecified atom stereocenters. The molecule has 6 heteroatoms. The summed E-state index contributed by atoms with van der Waals surface area (Å²) in [5.74, 6) is -0.534. The van der Waals surface area contributed by atoms with Crippen LogP contribution in [0.25, 0.3) is 0 Å². The second-order valence-electron chi connectivity index (χ2n) is 4.60. The molecule has 4 nitrogen and oxygen atoms in total. The summed E-state index contributed by atoms with van der Waals surface area (Å²) in [6, 6.07) is 8.88. The molecule has 110 valence electrons. The maximum atomic E-state index is 11.9. The Morgan fingerprint density at radius 2 is 1.95 bits per heavy atom. The van der Waals surface area contributed by atoms with Crippen molar-refractivity contribution in [3.8, 4) is 0 Å². The van der Waals surface area contributed by atoms with Crippen LogP contribution in [-0.2, 0) is 4.79 Å². The van der Waals surface area contributed by atoms with Crippen molar-refractivity contribution in [1.29, 1.82) is 0 Å². The van der Waals surface area contributed by atoms with Gasteiger partial charge in [-0.15, -0.1) is 11.3 Å². The van der Waals surface area contributed by atoms with E-state index in [4.69, 9.17) is 11.6 Å². The molecule has 1 heterocycles. The largest absolute Gasteiger partial charge is 0.342 e. The van der Waals surface area contributed by atoms with Gasteiger partial charge >= 0.3 is 0 Å². The average Bonchev–Trinajstić information content (AvgIpc) is 2.87. The van der Waals surface area contributed by atoms with Gasteiger partial charge in [0.1, 0.15) is 0 Å². The Kier molecular flexibility index (Phi) is 4.98. The Balaban J connectivity index is 1.90. The minimum Gasteiger partial charge on any atom is -0.342 e. The fraction of sp³-hybridized carbons (Fsp3) is 0.200. The van der Waals surface area contributed by atoms with Gasteiger partial charge in [-0.05, 0) is 43.7 Å². The van der Waals surface area contributed by atoms with Gasteiger partial charge in [-0.2, -0.15) is 0 Å². The second kappa shape index (κ2) is 6.74. The summed E-state index contributed by atoms with van der Waals surface area (Å²) in [6.45, 7) is 3.72. The zero-order valence-electron chi connectivity index (χ0n) is 11.7. The zero-order valence-corrected chi connectivity index (χ0v) is 13.3. The molecule has 2 amide bonds. The van der Waals surface area contributed by atoms with Crippen molar-refractivity contribution in [2.45, 2.75) is 13.8 Å². The Morgan fingerprint density at radius 1 is 1.19 bits per heavy atom. The predicted octanol–water partition coefficient (Wildman–Crippen LogP) is 3.39. The Morgan fingerprint density at radius 3 is 2.62 bits per heavy atom. The smallest absolute Gasteiger partial charge is 0.261 e. The molecule has 2 N–H and O–H groups in total. The number of rotatable bonds is 4. The van der Waals surface area contributed by atoms with Crippen LogP contribution in [0, 0.1) is 13.8 Å². The first-order chi connectivity index (χ1) is 9.95. The number of aryl methyl sites for hydroxylation is 2. The maximum Gasteiger partial charge on any atom is 0.261 e. The van der Waals surface area contributed by atoms with Gasteiger partial charge in [0.25, 0.3) is 5.91 Å². The quantitative estimate of drug-likeness (QED) is 0.906. The van der Waals surface area contributed by atoms with Crippen molar-refractivity contribution >= 4 is 40.4 Å². The van der Waals surface area contributed by atoms with E-state index in [0.717, 1.165) is 10.4 Å². The minimum absolute atomic E-state index is 0.0816. The molecule has 0 radical (unpaired) electrons. The van der Waals surface area contributed by atoms with Crippen molar-refractivity contribution in [2.24, 2.45) is 0 Å². The van der Waals surface area contributed by atoms with Crippen molar-refractivity contribution in [3.63, 3.8) is 0 Å². The van der Waals surface area contributed by atoms with Crippen LogP contribution >= 0.6 is 22.9 Å². The molecule has 21 heavy (non-hydrogen) atoms. The van der Waals surface area contributed by atoms with Crippen LogP contribution in [0.5, 0.6) is 0 Å². The van der Waals surface area contributed by atoms with Crippen LogP contribution in [0.4, 0.5) is 5.69 Å². The van der Waals surface area contributed by atoms with Gasteiger partial charge in [0.15, 0.2) is 0 Å². The molecule has 0 fully saturated rings. The fourth-order valence-electron chi connectivity index (χ4n) is 1.73. The van der Waals surface area contributed by atoms with Gasteiger partial charge in [-0.25, -0.2) is 0 Å². The molecule has 1 aromatic heterocycles. The highest BCUT2D eigenvalue weighted by Gasteiger charge is 2.10. The molecule has 0 aliphatic carbocycles. The third-order valence-electron chi connectivity index (χ3n) is 2.85. The second-order valence-corrected chi connectivity index (χ2v) is 6.32. The zero-order chi connectivity index (χ0) is 15.4. The number of halogens is 1. The standard InChI is InChI=1S/C15H15ClN2O2S/c1-9-3-5-11(16)7-12(9)18-14(19)8-17-15(20)13-6-4-10(2)21-13/h3-7H,8H2,1-2H3,(H,17,20)(H,18,19). The van der Waals surface area contributed by atoms with Crippen LogP contribution in [0.3, 0.4) is 0 Å². The average molecular weight is 323 g/mol. The molecular weight excluding hydrogens is 308 g/mol. The van der Waals surface area contributed by atoms with Crippen LogP contribution < -0.4 is 10.6 Å². The molecule has 0 spiro atoms. The molecule has 2 aromatic rings. The van der Waals surface area contributed by atoms with Gasteiger partial charge in [-0.3, -0.25) is 9.59 Å². The number of anilines is 1. The summed E-state index contributed by atoms with van der Waals surface area (Å²) in [4.78, 5) is 25.3. The maximum absolute atomic E-state index is 11.9. The van der Waals surface area contributed by atoms with E-state index in [1.807, 2.05) is 26.0 Å². The highest BCUT2D eigenvalue weighted by molar-refractivity contribution is 7.13. The van der Waals surface area contributed by atoms with E-state index in [1.54, 1.807) is 18.2 Å². The van der Waals surface area contributed by atoms with E-state index >= 15 is 0 Å². The number of benzene rings is 1. The number of thiophene rings is 1. The molecule has 0 atom stereocenters. The Bertz CT molecular complexity index is 682. The van der Waals surface area contributed by atoms with E-state index in [1.165, 1.54) is 11.3 Å². The molecule has 1 aromatic carbocycles. The van der Waals surface area contributed by atoms with E-state index < -0.39 is 0 Å². The number of hydrogen-bond donors (Lipinski definition) is 2. The van der Waals surface area contributed by atoms with Crippen LogP contribution in [-0.4, -0.2) is 18.4 Å². The van der Waals surface area contributed by atoms with E-state index in [9.17, 15) is 9.59 Å². The minimum atomic E-state index is -0.290. The monoisotopic (exact) mass is 322 g/mol. The first kappa shape index (κ1) is 15.5. The lowest BCUT2D eigenvalue weighted by molar-refractivity contribution is -0.115. The molecule has 0 saturated carbocycles. The SMILES string of the molecule is Cc1ccc(C(=O)NCC(=O)Nc2cc(Cl)ccc2C)s1. The molecular formula is C15H15ClN2O2S. The van der Waals surface area contributed by atoms with E-state index in [0.29, 0.717) is 15.6 Å². The summed E-state index contributed by atoms with van der Waals surface area (Å²) in [6.07, 6.45) is 0. The normalized spacial score (nSPS) is 10.2. The van der Waals surface area contributed by atoms with Crippen LogP contribution in [0.1, 0.15) is 20.1 Å². The van der Waals surface area contributed by atoms with E-state index in [2.05, 4.69) is 10.6 Å². The van der Waals surface area contributed by atoms with Crippen LogP contribution in [0.15, 0.2) is 30.3 Å². The number of nitrogens with one attached hydrogen (secondary N) is 2. The fourth-order valence-corrected chi connectivity index (χ4v) is 2.68. The lowest BCUT2D eigenvalue weighted by Gasteiger charge is -2.09. The summed E-state index contributed by atoms with van der Waals surface area (Å²) < 4.78 is 0.